The second kappa shape index (κ2) is 7.26. The number of fused-ring (bicyclic) bond motifs is 2. The molecule has 1 aliphatic rings. The van der Waals surface area contributed by atoms with E-state index in [2.05, 4.69) is 17.6 Å². The first kappa shape index (κ1) is 17.3. The second-order valence-electron chi connectivity index (χ2n) is 6.00. The Hall–Kier alpha value is -3.09. The number of amides is 1. The molecule has 0 aromatic heterocycles. The number of hydrogen-bond acceptors (Lipinski definition) is 5. The zero-order chi connectivity index (χ0) is 18.8. The van der Waals surface area contributed by atoms with E-state index in [9.17, 15) is 4.79 Å². The summed E-state index contributed by atoms with van der Waals surface area (Å²) in [4.78, 5) is 23.9. The Morgan fingerprint density at radius 2 is 1.81 bits per heavy atom. The smallest absolute Gasteiger partial charge is 0.274 e. The number of nitrogens with one attached hydrogen (secondary N) is 1. The molecule has 1 heterocycles. The van der Waals surface area contributed by atoms with Gasteiger partial charge >= 0.3 is 0 Å². The third-order valence-corrected chi connectivity index (χ3v) is 5.34. The molecule has 3 aromatic rings. The summed E-state index contributed by atoms with van der Waals surface area (Å²) in [5.41, 5.74) is 13.0. The first-order valence-corrected chi connectivity index (χ1v) is 9.16. The summed E-state index contributed by atoms with van der Waals surface area (Å²) in [6, 6.07) is 21.3. The van der Waals surface area contributed by atoms with Crippen molar-refractivity contribution in [1.82, 2.24) is 5.48 Å². The SMILES string of the molecule is CONC(=O)c1ccc2c(c1)N=C(c1ccc(N)cc1)c1ccccc1S2. The average Bonchev–Trinajstić information content (AvgIpc) is 2.85. The van der Waals surface area contributed by atoms with Gasteiger partial charge in [0.05, 0.1) is 18.5 Å². The summed E-state index contributed by atoms with van der Waals surface area (Å²) in [5.74, 6) is -0.309. The van der Waals surface area contributed by atoms with Crippen LogP contribution in [0.25, 0.3) is 0 Å². The van der Waals surface area contributed by atoms with Crippen molar-refractivity contribution in [3.05, 3.63) is 83.4 Å². The quantitative estimate of drug-likeness (QED) is 0.416. The standard InChI is InChI=1S/C21H17N3O2S/c1-26-24-21(25)14-8-11-19-17(12-14)23-20(13-6-9-15(22)10-7-13)16-4-2-3-5-18(16)27-19/h2-12H,22H2,1H3,(H,24,25). The number of benzene rings is 3. The van der Waals surface area contributed by atoms with Crippen molar-refractivity contribution < 1.29 is 9.63 Å². The first-order chi connectivity index (χ1) is 13.2. The van der Waals surface area contributed by atoms with E-state index in [0.29, 0.717) is 11.3 Å². The topological polar surface area (TPSA) is 76.7 Å². The van der Waals surface area contributed by atoms with E-state index in [-0.39, 0.29) is 5.91 Å². The summed E-state index contributed by atoms with van der Waals surface area (Å²) >= 11 is 1.64. The maximum absolute atomic E-state index is 12.1. The zero-order valence-corrected chi connectivity index (χ0v) is 15.4. The molecular formula is C21H17N3O2S. The normalized spacial score (nSPS) is 12.4. The molecule has 1 amide bonds. The summed E-state index contributed by atoms with van der Waals surface area (Å²) in [5, 5.41) is 0. The van der Waals surface area contributed by atoms with Gasteiger partial charge in [-0.25, -0.2) is 10.5 Å². The fraction of sp³-hybridized carbons (Fsp3) is 0.0476. The number of nitrogens with zero attached hydrogens (tertiary/aromatic N) is 1. The molecule has 3 aromatic carbocycles. The molecule has 0 radical (unpaired) electrons. The molecule has 0 saturated heterocycles. The third-order valence-electron chi connectivity index (χ3n) is 4.19. The molecular weight excluding hydrogens is 358 g/mol. The lowest BCUT2D eigenvalue weighted by molar-refractivity contribution is 0.0537. The first-order valence-electron chi connectivity index (χ1n) is 8.35. The number of nitrogen functional groups attached to an aromatic ring is 1. The fourth-order valence-corrected chi connectivity index (χ4v) is 3.90. The largest absolute Gasteiger partial charge is 0.399 e. The van der Waals surface area contributed by atoms with E-state index < -0.39 is 0 Å². The number of carbonyl (C=O) groups is 1. The number of rotatable bonds is 3. The average molecular weight is 375 g/mol. The number of hydroxylamine groups is 1. The van der Waals surface area contributed by atoms with Crippen LogP contribution in [0.2, 0.25) is 0 Å². The van der Waals surface area contributed by atoms with Gasteiger partial charge in [0.25, 0.3) is 5.91 Å². The minimum absolute atomic E-state index is 0.309. The second-order valence-corrected chi connectivity index (χ2v) is 7.08. The van der Waals surface area contributed by atoms with Crippen molar-refractivity contribution in [2.45, 2.75) is 9.79 Å². The lowest BCUT2D eigenvalue weighted by Gasteiger charge is -2.09. The van der Waals surface area contributed by atoms with Crippen molar-refractivity contribution in [2.75, 3.05) is 12.8 Å². The Morgan fingerprint density at radius 3 is 2.59 bits per heavy atom. The van der Waals surface area contributed by atoms with Gasteiger partial charge in [0.1, 0.15) is 0 Å². The summed E-state index contributed by atoms with van der Waals surface area (Å²) in [6.07, 6.45) is 0. The number of carbonyl (C=O) groups excluding carboxylic acids is 1. The summed E-state index contributed by atoms with van der Waals surface area (Å²) in [6.45, 7) is 0. The highest BCUT2D eigenvalue weighted by Gasteiger charge is 2.19. The number of nitrogens with two attached hydrogens (primary N) is 1. The Morgan fingerprint density at radius 1 is 1.04 bits per heavy atom. The molecule has 1 aliphatic heterocycles. The van der Waals surface area contributed by atoms with Crippen LogP contribution in [0.5, 0.6) is 0 Å². The van der Waals surface area contributed by atoms with Crippen molar-refractivity contribution in [3.63, 3.8) is 0 Å². The van der Waals surface area contributed by atoms with Gasteiger partial charge in [-0.2, -0.15) is 0 Å². The van der Waals surface area contributed by atoms with E-state index in [1.807, 2.05) is 42.5 Å². The summed E-state index contributed by atoms with van der Waals surface area (Å²) in [7, 11) is 1.41. The predicted molar refractivity (Wildman–Crippen MR) is 108 cm³/mol. The van der Waals surface area contributed by atoms with Crippen molar-refractivity contribution in [2.24, 2.45) is 4.99 Å². The van der Waals surface area contributed by atoms with Crippen molar-refractivity contribution >= 4 is 34.8 Å². The van der Waals surface area contributed by atoms with Gasteiger partial charge in [-0.3, -0.25) is 9.63 Å². The highest BCUT2D eigenvalue weighted by atomic mass is 32.2. The molecule has 27 heavy (non-hydrogen) atoms. The highest BCUT2D eigenvalue weighted by molar-refractivity contribution is 7.99. The molecule has 5 nitrogen and oxygen atoms in total. The van der Waals surface area contributed by atoms with Crippen molar-refractivity contribution in [1.29, 1.82) is 0 Å². The van der Waals surface area contributed by atoms with Gasteiger partial charge in [0.15, 0.2) is 0 Å². The van der Waals surface area contributed by atoms with Crippen LogP contribution in [-0.2, 0) is 4.84 Å². The van der Waals surface area contributed by atoms with Crippen LogP contribution in [0.3, 0.4) is 0 Å². The van der Waals surface area contributed by atoms with Crippen LogP contribution in [0.15, 0.2) is 81.5 Å². The van der Waals surface area contributed by atoms with E-state index in [0.717, 1.165) is 32.3 Å². The molecule has 4 rings (SSSR count). The van der Waals surface area contributed by atoms with Gasteiger partial charge in [0.2, 0.25) is 0 Å². The molecule has 0 unspecified atom stereocenters. The van der Waals surface area contributed by atoms with Gasteiger partial charge in [-0.05, 0) is 36.4 Å². The van der Waals surface area contributed by atoms with Gasteiger partial charge in [-0.1, -0.05) is 42.1 Å². The zero-order valence-electron chi connectivity index (χ0n) is 14.6. The van der Waals surface area contributed by atoms with Crippen LogP contribution < -0.4 is 11.2 Å². The monoisotopic (exact) mass is 375 g/mol. The lowest BCUT2D eigenvalue weighted by atomic mass is 10.0. The Balaban J connectivity index is 1.89. The number of hydrogen-bond donors (Lipinski definition) is 2. The molecule has 0 fully saturated rings. The Kier molecular flexibility index (Phi) is 4.66. The molecule has 0 saturated carbocycles. The van der Waals surface area contributed by atoms with Crippen LogP contribution in [0, 0.1) is 0 Å². The summed E-state index contributed by atoms with van der Waals surface area (Å²) < 4.78 is 0. The highest BCUT2D eigenvalue weighted by Crippen LogP contribution is 2.41. The fourth-order valence-electron chi connectivity index (χ4n) is 2.90. The van der Waals surface area contributed by atoms with Gasteiger partial charge < -0.3 is 5.73 Å². The Bertz CT molecular complexity index is 1050. The van der Waals surface area contributed by atoms with Crippen LogP contribution in [0.1, 0.15) is 21.5 Å². The maximum Gasteiger partial charge on any atom is 0.274 e. The van der Waals surface area contributed by atoms with E-state index in [1.165, 1.54) is 7.11 Å². The Labute approximate surface area is 161 Å². The van der Waals surface area contributed by atoms with Gasteiger partial charge in [-0.15, -0.1) is 0 Å². The van der Waals surface area contributed by atoms with Crippen molar-refractivity contribution in [3.8, 4) is 0 Å². The van der Waals surface area contributed by atoms with Crippen LogP contribution in [0.4, 0.5) is 11.4 Å². The molecule has 0 spiro atoms. The number of aliphatic imine (C=N–C) groups is 1. The third kappa shape index (κ3) is 3.45. The van der Waals surface area contributed by atoms with Crippen LogP contribution >= 0.6 is 11.8 Å². The minimum Gasteiger partial charge on any atom is -0.399 e. The molecule has 0 bridgehead atoms. The van der Waals surface area contributed by atoms with E-state index in [4.69, 9.17) is 15.6 Å². The molecule has 3 N–H and O–H groups in total. The molecule has 134 valence electrons. The molecule has 0 aliphatic carbocycles. The maximum atomic E-state index is 12.1. The van der Waals surface area contributed by atoms with E-state index in [1.54, 1.807) is 23.9 Å². The molecule has 6 heteroatoms. The lowest BCUT2D eigenvalue weighted by Crippen LogP contribution is -2.21. The van der Waals surface area contributed by atoms with Crippen LogP contribution in [-0.4, -0.2) is 18.7 Å². The van der Waals surface area contributed by atoms with E-state index >= 15 is 0 Å². The minimum atomic E-state index is -0.309. The predicted octanol–water partition coefficient (Wildman–Crippen LogP) is 4.19. The molecule has 0 atom stereocenters. The van der Waals surface area contributed by atoms with Gasteiger partial charge in [0, 0.05) is 32.2 Å². The number of anilines is 1.